The summed E-state index contributed by atoms with van der Waals surface area (Å²) in [7, 11) is -2.97. The average molecular weight is 361 g/mol. The average Bonchev–Trinajstić information content (AvgIpc) is 3.19. The van der Waals surface area contributed by atoms with Gasteiger partial charge in [-0.05, 0) is 19.3 Å². The number of sulfone groups is 1. The van der Waals surface area contributed by atoms with E-state index in [1.807, 2.05) is 10.3 Å². The van der Waals surface area contributed by atoms with E-state index >= 15 is 0 Å². The van der Waals surface area contributed by atoms with Crippen LogP contribution in [0, 0.1) is 0 Å². The number of nitrogens with zero attached hydrogens (tertiary/aromatic N) is 2. The second-order valence-electron chi connectivity index (χ2n) is 5.88. The predicted octanol–water partition coefficient (Wildman–Crippen LogP) is 2.19. The second-order valence-corrected chi connectivity index (χ2v) is 10.2. The van der Waals surface area contributed by atoms with Crippen molar-refractivity contribution < 1.29 is 13.2 Å². The molecule has 122 valence electrons. The Morgan fingerprint density at radius 1 is 1.32 bits per heavy atom. The molecule has 5 nitrogen and oxygen atoms in total. The highest BCUT2D eigenvalue weighted by molar-refractivity contribution is 8.01. The number of aromatic nitrogens is 1. The minimum Gasteiger partial charge on any atom is -0.335 e. The summed E-state index contributed by atoms with van der Waals surface area (Å²) in [6, 6.07) is 0.0974. The van der Waals surface area contributed by atoms with Crippen molar-refractivity contribution in [3.05, 3.63) is 11.6 Å². The zero-order valence-electron chi connectivity index (χ0n) is 12.3. The third kappa shape index (κ3) is 3.83. The summed E-state index contributed by atoms with van der Waals surface area (Å²) < 4.78 is 24.4. The first-order valence-electron chi connectivity index (χ1n) is 7.59. The molecule has 1 aliphatic carbocycles. The summed E-state index contributed by atoms with van der Waals surface area (Å²) in [5.74, 6) is 0.764. The zero-order chi connectivity index (χ0) is 15.6. The summed E-state index contributed by atoms with van der Waals surface area (Å²) in [4.78, 5) is 18.8. The maximum absolute atomic E-state index is 12.7. The van der Waals surface area contributed by atoms with Crippen LogP contribution in [0.3, 0.4) is 0 Å². The van der Waals surface area contributed by atoms with Gasteiger partial charge in [-0.3, -0.25) is 4.79 Å². The lowest BCUT2D eigenvalue weighted by Crippen LogP contribution is -2.47. The Bertz CT molecular complexity index is 609. The summed E-state index contributed by atoms with van der Waals surface area (Å²) in [5, 5.41) is 1.89. The van der Waals surface area contributed by atoms with Crippen LogP contribution in [0.1, 0.15) is 32.1 Å². The Balaban J connectivity index is 1.69. The number of thiazole rings is 1. The van der Waals surface area contributed by atoms with Gasteiger partial charge in [0.25, 0.3) is 0 Å². The first-order chi connectivity index (χ1) is 10.6. The fourth-order valence-corrected chi connectivity index (χ4v) is 6.58. The van der Waals surface area contributed by atoms with Crippen LogP contribution < -0.4 is 0 Å². The van der Waals surface area contributed by atoms with Gasteiger partial charge in [-0.25, -0.2) is 13.4 Å². The molecule has 1 amide bonds. The Hall–Kier alpha value is -0.600. The lowest BCUT2D eigenvalue weighted by atomic mass is 10.1. The van der Waals surface area contributed by atoms with E-state index in [9.17, 15) is 13.2 Å². The minimum absolute atomic E-state index is 0.0641. The van der Waals surface area contributed by atoms with Gasteiger partial charge in [0.15, 0.2) is 9.84 Å². The molecule has 1 saturated carbocycles. The van der Waals surface area contributed by atoms with Crippen molar-refractivity contribution in [2.75, 3.05) is 17.3 Å². The SMILES string of the molecule is O=C(CSc1nccs1)N(C1CCCC1)C1CCS(=O)(=O)C1. The Morgan fingerprint density at radius 3 is 2.68 bits per heavy atom. The van der Waals surface area contributed by atoms with E-state index in [2.05, 4.69) is 4.98 Å². The summed E-state index contributed by atoms with van der Waals surface area (Å²) in [6.45, 7) is 0. The van der Waals surface area contributed by atoms with Crippen molar-refractivity contribution in [2.24, 2.45) is 0 Å². The number of hydrogen-bond donors (Lipinski definition) is 0. The molecule has 1 unspecified atom stereocenters. The van der Waals surface area contributed by atoms with Gasteiger partial charge in [0.1, 0.15) is 4.34 Å². The molecule has 0 radical (unpaired) electrons. The number of rotatable bonds is 5. The molecule has 2 fully saturated rings. The third-order valence-electron chi connectivity index (χ3n) is 4.34. The van der Waals surface area contributed by atoms with Crippen molar-refractivity contribution in [1.29, 1.82) is 0 Å². The highest BCUT2D eigenvalue weighted by atomic mass is 32.2. The molecular weight excluding hydrogens is 340 g/mol. The molecule has 8 heteroatoms. The van der Waals surface area contributed by atoms with Crippen LogP contribution in [0.2, 0.25) is 0 Å². The largest absolute Gasteiger partial charge is 0.335 e. The standard InChI is InChI=1S/C14H20N2O3S3/c17-13(9-21-14-15-6-7-20-14)16(11-3-1-2-4-11)12-5-8-22(18,19)10-12/h6-7,11-12H,1-5,8-10H2. The van der Waals surface area contributed by atoms with Crippen LogP contribution in [-0.2, 0) is 14.6 Å². The normalized spacial score (nSPS) is 24.6. The van der Waals surface area contributed by atoms with Gasteiger partial charge in [0, 0.05) is 23.7 Å². The molecule has 1 saturated heterocycles. The number of carbonyl (C=O) groups excluding carboxylic acids is 1. The molecule has 0 aromatic carbocycles. The molecule has 0 spiro atoms. The van der Waals surface area contributed by atoms with Crippen molar-refractivity contribution in [3.63, 3.8) is 0 Å². The van der Waals surface area contributed by atoms with Gasteiger partial charge in [0.05, 0.1) is 17.3 Å². The monoisotopic (exact) mass is 360 g/mol. The number of thioether (sulfide) groups is 1. The molecule has 0 N–H and O–H groups in total. The van der Waals surface area contributed by atoms with Crippen molar-refractivity contribution in [2.45, 2.75) is 48.5 Å². The van der Waals surface area contributed by atoms with Crippen LogP contribution in [0.5, 0.6) is 0 Å². The molecule has 1 aromatic rings. The fraction of sp³-hybridized carbons (Fsp3) is 0.714. The maximum Gasteiger partial charge on any atom is 0.233 e. The quantitative estimate of drug-likeness (QED) is 0.753. The topological polar surface area (TPSA) is 67.3 Å². The highest BCUT2D eigenvalue weighted by Gasteiger charge is 2.38. The molecule has 1 atom stereocenters. The molecule has 1 aromatic heterocycles. The van der Waals surface area contributed by atoms with E-state index in [-0.39, 0.29) is 29.5 Å². The molecule has 0 bridgehead atoms. The maximum atomic E-state index is 12.7. The van der Waals surface area contributed by atoms with Crippen LogP contribution >= 0.6 is 23.1 Å². The van der Waals surface area contributed by atoms with Crippen LogP contribution in [-0.4, -0.2) is 53.6 Å². The molecule has 3 rings (SSSR count). The van der Waals surface area contributed by atoms with E-state index in [0.29, 0.717) is 12.2 Å². The zero-order valence-corrected chi connectivity index (χ0v) is 14.8. The number of carbonyl (C=O) groups is 1. The van der Waals surface area contributed by atoms with Gasteiger partial charge >= 0.3 is 0 Å². The van der Waals surface area contributed by atoms with Crippen molar-refractivity contribution in [3.8, 4) is 0 Å². The lowest BCUT2D eigenvalue weighted by Gasteiger charge is -2.34. The van der Waals surface area contributed by atoms with Crippen LogP contribution in [0.25, 0.3) is 0 Å². The molecule has 2 heterocycles. The number of hydrogen-bond acceptors (Lipinski definition) is 6. The van der Waals surface area contributed by atoms with Gasteiger partial charge in [-0.2, -0.15) is 0 Å². The lowest BCUT2D eigenvalue weighted by molar-refractivity contribution is -0.132. The molecular formula is C14H20N2O3S3. The Labute approximate surface area is 139 Å². The molecule has 2 aliphatic rings. The fourth-order valence-electron chi connectivity index (χ4n) is 3.36. The van der Waals surface area contributed by atoms with E-state index in [1.165, 1.54) is 23.1 Å². The first kappa shape index (κ1) is 16.3. The smallest absolute Gasteiger partial charge is 0.233 e. The van der Waals surface area contributed by atoms with Gasteiger partial charge < -0.3 is 4.90 Å². The summed E-state index contributed by atoms with van der Waals surface area (Å²) >= 11 is 2.97. The first-order valence-corrected chi connectivity index (χ1v) is 11.3. The predicted molar refractivity (Wildman–Crippen MR) is 89.0 cm³/mol. The number of amides is 1. The van der Waals surface area contributed by atoms with E-state index < -0.39 is 9.84 Å². The second kappa shape index (κ2) is 6.88. The van der Waals surface area contributed by atoms with Gasteiger partial charge in [-0.15, -0.1) is 11.3 Å². The minimum atomic E-state index is -2.97. The molecule has 22 heavy (non-hydrogen) atoms. The third-order valence-corrected chi connectivity index (χ3v) is 8.04. The van der Waals surface area contributed by atoms with E-state index in [1.54, 1.807) is 6.20 Å². The van der Waals surface area contributed by atoms with Crippen molar-refractivity contribution in [1.82, 2.24) is 9.88 Å². The van der Waals surface area contributed by atoms with Gasteiger partial charge in [-0.1, -0.05) is 24.6 Å². The van der Waals surface area contributed by atoms with E-state index in [4.69, 9.17) is 0 Å². The summed E-state index contributed by atoms with van der Waals surface area (Å²) in [5.41, 5.74) is 0. The molecule has 1 aliphatic heterocycles. The van der Waals surface area contributed by atoms with Crippen LogP contribution in [0.4, 0.5) is 0 Å². The Kier molecular flexibility index (Phi) is 5.09. The summed E-state index contributed by atoms with van der Waals surface area (Å²) in [6.07, 6.45) is 6.59. The van der Waals surface area contributed by atoms with Crippen molar-refractivity contribution >= 4 is 38.8 Å². The van der Waals surface area contributed by atoms with E-state index in [0.717, 1.165) is 30.0 Å². The van der Waals surface area contributed by atoms with Gasteiger partial charge in [0.2, 0.25) is 5.91 Å². The highest BCUT2D eigenvalue weighted by Crippen LogP contribution is 2.30. The Morgan fingerprint density at radius 2 is 2.09 bits per heavy atom. The van der Waals surface area contributed by atoms with Crippen LogP contribution in [0.15, 0.2) is 15.9 Å².